The number of methoxy groups -OCH3 is 2. The summed E-state index contributed by atoms with van der Waals surface area (Å²) in [6, 6.07) is 12.5. The number of aliphatic hydroxyl groups excluding tert-OH is 1. The molecular weight excluding hydrogens is 306 g/mol. The lowest BCUT2D eigenvalue weighted by Gasteiger charge is -2.31. The molecule has 2 unspecified atom stereocenters. The Morgan fingerprint density at radius 1 is 1.04 bits per heavy atom. The summed E-state index contributed by atoms with van der Waals surface area (Å²) in [5.41, 5.74) is 2.66. The number of rotatable bonds is 4. The highest BCUT2D eigenvalue weighted by molar-refractivity contribution is 5.94. The van der Waals surface area contributed by atoms with Crippen LogP contribution >= 0.6 is 0 Å². The van der Waals surface area contributed by atoms with Gasteiger partial charge in [0.05, 0.1) is 26.4 Å². The van der Waals surface area contributed by atoms with Gasteiger partial charge >= 0.3 is 0 Å². The van der Waals surface area contributed by atoms with Gasteiger partial charge in [0.25, 0.3) is 5.91 Å². The fourth-order valence-electron chi connectivity index (χ4n) is 3.07. The maximum Gasteiger partial charge on any atom is 0.251 e. The van der Waals surface area contributed by atoms with E-state index in [2.05, 4.69) is 5.32 Å². The summed E-state index contributed by atoms with van der Waals surface area (Å²) in [6.07, 6.45) is 0.383. The van der Waals surface area contributed by atoms with E-state index in [1.165, 1.54) is 0 Å². The Hall–Kier alpha value is -2.53. The molecule has 2 N–H and O–H groups in total. The summed E-state index contributed by atoms with van der Waals surface area (Å²) in [6.45, 7) is 0. The molecule has 1 aliphatic carbocycles. The number of benzene rings is 2. The van der Waals surface area contributed by atoms with Crippen LogP contribution in [0.25, 0.3) is 0 Å². The van der Waals surface area contributed by atoms with Gasteiger partial charge in [-0.15, -0.1) is 0 Å². The Labute approximate surface area is 141 Å². The summed E-state index contributed by atoms with van der Waals surface area (Å²) in [5.74, 6) is 1.12. The number of ether oxygens (including phenoxy) is 2. The Morgan fingerprint density at radius 3 is 2.21 bits per heavy atom. The van der Waals surface area contributed by atoms with Gasteiger partial charge in [0.15, 0.2) is 11.5 Å². The van der Waals surface area contributed by atoms with Gasteiger partial charge in [0, 0.05) is 12.0 Å². The lowest BCUT2D eigenvalue weighted by Crippen LogP contribution is -2.48. The standard InChI is InChI=1S/C19H21NO4/c1-23-17-10-13-8-15(16(21)9-14(13)11-18(17)24-2)20-19(22)12-6-4-3-5-7-12/h3-7,10-11,15-16,21H,8-9H2,1-2H3,(H,20,22). The van der Waals surface area contributed by atoms with E-state index in [4.69, 9.17) is 9.47 Å². The van der Waals surface area contributed by atoms with Gasteiger partial charge in [-0.1, -0.05) is 18.2 Å². The van der Waals surface area contributed by atoms with Crippen molar-refractivity contribution in [3.63, 3.8) is 0 Å². The van der Waals surface area contributed by atoms with E-state index >= 15 is 0 Å². The molecule has 0 saturated carbocycles. The van der Waals surface area contributed by atoms with Gasteiger partial charge < -0.3 is 19.9 Å². The second-order valence-corrected chi connectivity index (χ2v) is 5.90. The molecule has 0 bridgehead atoms. The molecule has 5 nitrogen and oxygen atoms in total. The third-order valence-electron chi connectivity index (χ3n) is 4.39. The smallest absolute Gasteiger partial charge is 0.251 e. The fraction of sp³-hybridized carbons (Fsp3) is 0.316. The van der Waals surface area contributed by atoms with E-state index in [1.807, 2.05) is 30.3 Å². The van der Waals surface area contributed by atoms with Crippen molar-refractivity contribution in [1.82, 2.24) is 5.32 Å². The van der Waals surface area contributed by atoms with E-state index in [-0.39, 0.29) is 11.9 Å². The first-order valence-corrected chi connectivity index (χ1v) is 7.90. The second-order valence-electron chi connectivity index (χ2n) is 5.90. The van der Waals surface area contributed by atoms with Crippen LogP contribution in [-0.2, 0) is 12.8 Å². The van der Waals surface area contributed by atoms with Crippen molar-refractivity contribution in [2.45, 2.75) is 25.0 Å². The quantitative estimate of drug-likeness (QED) is 0.901. The molecule has 0 spiro atoms. The Morgan fingerprint density at radius 2 is 1.62 bits per heavy atom. The van der Waals surface area contributed by atoms with E-state index in [0.29, 0.717) is 29.9 Å². The highest BCUT2D eigenvalue weighted by Crippen LogP contribution is 2.34. The number of hydrogen-bond acceptors (Lipinski definition) is 4. The summed E-state index contributed by atoms with van der Waals surface area (Å²) >= 11 is 0. The lowest BCUT2D eigenvalue weighted by molar-refractivity contribution is 0.0814. The molecule has 24 heavy (non-hydrogen) atoms. The zero-order valence-corrected chi connectivity index (χ0v) is 13.8. The molecule has 3 rings (SSSR count). The van der Waals surface area contributed by atoms with Crippen molar-refractivity contribution in [2.75, 3.05) is 14.2 Å². The van der Waals surface area contributed by atoms with E-state index < -0.39 is 6.10 Å². The molecule has 1 aliphatic rings. The maximum absolute atomic E-state index is 12.3. The number of nitrogens with one attached hydrogen (secondary N) is 1. The number of carbonyl (C=O) groups excluding carboxylic acids is 1. The predicted octanol–water partition coefficient (Wildman–Crippen LogP) is 1.96. The van der Waals surface area contributed by atoms with E-state index in [1.54, 1.807) is 26.4 Å². The van der Waals surface area contributed by atoms with Crippen LogP contribution in [0.3, 0.4) is 0 Å². The van der Waals surface area contributed by atoms with Crippen molar-refractivity contribution in [2.24, 2.45) is 0 Å². The minimum Gasteiger partial charge on any atom is -0.493 e. The molecule has 0 aliphatic heterocycles. The van der Waals surface area contributed by atoms with Gasteiger partial charge in [-0.05, 0) is 41.8 Å². The topological polar surface area (TPSA) is 67.8 Å². The van der Waals surface area contributed by atoms with Crippen molar-refractivity contribution < 1.29 is 19.4 Å². The second kappa shape index (κ2) is 6.93. The number of carbonyl (C=O) groups is 1. The van der Waals surface area contributed by atoms with Crippen LogP contribution in [0.2, 0.25) is 0 Å². The summed E-state index contributed by atoms with van der Waals surface area (Å²) in [5, 5.41) is 13.3. The third-order valence-corrected chi connectivity index (χ3v) is 4.39. The maximum atomic E-state index is 12.3. The Balaban J connectivity index is 1.80. The molecule has 2 aromatic rings. The van der Waals surface area contributed by atoms with Crippen LogP contribution in [0, 0.1) is 0 Å². The van der Waals surface area contributed by atoms with Crippen molar-refractivity contribution in [1.29, 1.82) is 0 Å². The molecule has 0 radical (unpaired) electrons. The van der Waals surface area contributed by atoms with Crippen LogP contribution in [0.1, 0.15) is 21.5 Å². The van der Waals surface area contributed by atoms with Gasteiger partial charge in [0.1, 0.15) is 0 Å². The number of amides is 1. The first kappa shape index (κ1) is 16.3. The van der Waals surface area contributed by atoms with Crippen LogP contribution < -0.4 is 14.8 Å². The van der Waals surface area contributed by atoms with Gasteiger partial charge in [-0.2, -0.15) is 0 Å². The van der Waals surface area contributed by atoms with Crippen molar-refractivity contribution in [3.05, 3.63) is 59.2 Å². The minimum absolute atomic E-state index is 0.177. The van der Waals surface area contributed by atoms with Gasteiger partial charge in [0.2, 0.25) is 0 Å². The van der Waals surface area contributed by atoms with Crippen LogP contribution in [0.15, 0.2) is 42.5 Å². The predicted molar refractivity (Wildman–Crippen MR) is 90.7 cm³/mol. The minimum atomic E-state index is -0.636. The first-order chi connectivity index (χ1) is 11.6. The first-order valence-electron chi connectivity index (χ1n) is 7.90. The molecule has 0 fully saturated rings. The summed E-state index contributed by atoms with van der Waals surface area (Å²) in [4.78, 5) is 12.3. The highest BCUT2D eigenvalue weighted by Gasteiger charge is 2.29. The zero-order chi connectivity index (χ0) is 17.1. The molecular formula is C19H21NO4. The Kier molecular flexibility index (Phi) is 4.71. The van der Waals surface area contributed by atoms with Gasteiger partial charge in [-0.3, -0.25) is 4.79 Å². The average Bonchev–Trinajstić information content (AvgIpc) is 2.62. The molecule has 126 valence electrons. The molecule has 0 saturated heterocycles. The lowest BCUT2D eigenvalue weighted by atomic mass is 9.85. The average molecular weight is 327 g/mol. The van der Waals surface area contributed by atoms with Crippen LogP contribution in [0.4, 0.5) is 0 Å². The highest BCUT2D eigenvalue weighted by atomic mass is 16.5. The molecule has 2 atom stereocenters. The van der Waals surface area contributed by atoms with Crippen molar-refractivity contribution >= 4 is 5.91 Å². The molecule has 2 aromatic carbocycles. The summed E-state index contributed by atoms with van der Waals surface area (Å²) < 4.78 is 10.7. The fourth-order valence-corrected chi connectivity index (χ4v) is 3.07. The zero-order valence-electron chi connectivity index (χ0n) is 13.8. The third kappa shape index (κ3) is 3.21. The summed E-state index contributed by atoms with van der Waals surface area (Å²) in [7, 11) is 3.18. The SMILES string of the molecule is COc1cc2c(cc1OC)CC(NC(=O)c1ccccc1)C(O)C2. The number of hydrogen-bond donors (Lipinski definition) is 2. The number of fused-ring (bicyclic) bond motifs is 1. The monoisotopic (exact) mass is 327 g/mol. The Bertz CT molecular complexity index is 730. The molecule has 1 amide bonds. The normalized spacial score (nSPS) is 19.3. The van der Waals surface area contributed by atoms with Crippen molar-refractivity contribution in [3.8, 4) is 11.5 Å². The molecule has 0 aromatic heterocycles. The van der Waals surface area contributed by atoms with E-state index in [0.717, 1.165) is 11.1 Å². The van der Waals surface area contributed by atoms with Crippen LogP contribution in [0.5, 0.6) is 11.5 Å². The van der Waals surface area contributed by atoms with E-state index in [9.17, 15) is 9.90 Å². The molecule has 5 heteroatoms. The molecule has 0 heterocycles. The van der Waals surface area contributed by atoms with Gasteiger partial charge in [-0.25, -0.2) is 0 Å². The number of aliphatic hydroxyl groups is 1. The largest absolute Gasteiger partial charge is 0.493 e. The van der Waals surface area contributed by atoms with Crippen LogP contribution in [-0.4, -0.2) is 37.4 Å².